The summed E-state index contributed by atoms with van der Waals surface area (Å²) in [5.74, 6) is 0.0579. The Hall–Kier alpha value is -0.860. The van der Waals surface area contributed by atoms with Crippen molar-refractivity contribution in [2.45, 2.75) is 46.6 Å². The van der Waals surface area contributed by atoms with Gasteiger partial charge in [0.15, 0.2) is 11.9 Å². The second-order valence-corrected chi connectivity index (χ2v) is 4.86. The quantitative estimate of drug-likeness (QED) is 0.605. The average Bonchev–Trinajstić information content (AvgIpc) is 1.99. The van der Waals surface area contributed by atoms with Crippen LogP contribution in [-0.4, -0.2) is 17.9 Å². The van der Waals surface area contributed by atoms with Gasteiger partial charge in [-0.05, 0) is 17.8 Å². The van der Waals surface area contributed by atoms with Crippen molar-refractivity contribution < 1.29 is 14.3 Å². The summed E-state index contributed by atoms with van der Waals surface area (Å²) in [5, 5.41) is 0. The molecule has 2 atom stereocenters. The van der Waals surface area contributed by atoms with E-state index in [0.29, 0.717) is 18.8 Å². The van der Waals surface area contributed by atoms with Gasteiger partial charge in [0.25, 0.3) is 0 Å². The SMILES string of the molecule is CC(=O)O[C@H]1CC(C)(C)[C@@H](C)CC1=O. The predicted octanol–water partition coefficient (Wildman–Crippen LogP) is 1.94. The van der Waals surface area contributed by atoms with Gasteiger partial charge in [-0.3, -0.25) is 9.59 Å². The minimum Gasteiger partial charge on any atom is -0.455 e. The molecule has 1 fully saturated rings. The first-order chi connectivity index (χ1) is 6.33. The van der Waals surface area contributed by atoms with E-state index in [-0.39, 0.29) is 17.2 Å². The van der Waals surface area contributed by atoms with Crippen LogP contribution in [0.1, 0.15) is 40.5 Å². The summed E-state index contributed by atoms with van der Waals surface area (Å²) < 4.78 is 5.00. The van der Waals surface area contributed by atoms with Crippen molar-refractivity contribution in [3.05, 3.63) is 0 Å². The number of ketones is 1. The third-order valence-electron chi connectivity index (χ3n) is 3.22. The molecule has 1 aliphatic rings. The average molecular weight is 198 g/mol. The molecule has 0 spiro atoms. The second kappa shape index (κ2) is 3.71. The third-order valence-corrected chi connectivity index (χ3v) is 3.22. The van der Waals surface area contributed by atoms with Crippen LogP contribution in [0.2, 0.25) is 0 Å². The first-order valence-corrected chi connectivity index (χ1v) is 5.03. The van der Waals surface area contributed by atoms with Crippen molar-refractivity contribution in [2.75, 3.05) is 0 Å². The fraction of sp³-hybridized carbons (Fsp3) is 0.818. The van der Waals surface area contributed by atoms with Gasteiger partial charge in [0.1, 0.15) is 0 Å². The van der Waals surface area contributed by atoms with Crippen LogP contribution < -0.4 is 0 Å². The molecule has 14 heavy (non-hydrogen) atoms. The molecule has 0 aromatic heterocycles. The number of carbonyl (C=O) groups is 2. The van der Waals surface area contributed by atoms with Crippen LogP contribution in [0.5, 0.6) is 0 Å². The first kappa shape index (κ1) is 11.2. The highest BCUT2D eigenvalue weighted by Gasteiger charge is 2.40. The number of hydrogen-bond donors (Lipinski definition) is 0. The molecule has 3 nitrogen and oxygen atoms in total. The monoisotopic (exact) mass is 198 g/mol. The van der Waals surface area contributed by atoms with E-state index in [0.717, 1.165) is 0 Å². The molecule has 0 aromatic rings. The molecule has 0 amide bonds. The summed E-state index contributed by atoms with van der Waals surface area (Å²) in [4.78, 5) is 22.3. The van der Waals surface area contributed by atoms with Crippen molar-refractivity contribution in [3.63, 3.8) is 0 Å². The van der Waals surface area contributed by atoms with E-state index < -0.39 is 6.10 Å². The molecule has 1 saturated carbocycles. The van der Waals surface area contributed by atoms with E-state index in [1.807, 2.05) is 0 Å². The predicted molar refractivity (Wildman–Crippen MR) is 52.7 cm³/mol. The largest absolute Gasteiger partial charge is 0.455 e. The normalized spacial score (nSPS) is 31.3. The van der Waals surface area contributed by atoms with Crippen LogP contribution in [0.25, 0.3) is 0 Å². The molecular formula is C11H18O3. The Balaban J connectivity index is 2.70. The van der Waals surface area contributed by atoms with Gasteiger partial charge in [0.05, 0.1) is 0 Å². The lowest BCUT2D eigenvalue weighted by Crippen LogP contribution is -2.41. The Kier molecular flexibility index (Phi) is 2.98. The van der Waals surface area contributed by atoms with Crippen LogP contribution in [0.15, 0.2) is 0 Å². The lowest BCUT2D eigenvalue weighted by molar-refractivity contribution is -0.159. The van der Waals surface area contributed by atoms with Gasteiger partial charge in [0, 0.05) is 13.3 Å². The van der Waals surface area contributed by atoms with E-state index >= 15 is 0 Å². The molecule has 0 bridgehead atoms. The molecule has 0 aromatic carbocycles. The summed E-state index contributed by atoms with van der Waals surface area (Å²) in [6, 6.07) is 0. The summed E-state index contributed by atoms with van der Waals surface area (Å²) in [6.45, 7) is 7.64. The van der Waals surface area contributed by atoms with E-state index in [9.17, 15) is 9.59 Å². The lowest BCUT2D eigenvalue weighted by Gasteiger charge is -2.39. The third kappa shape index (κ3) is 2.34. The standard InChI is InChI=1S/C11H18O3/c1-7-5-9(13)10(14-8(2)12)6-11(7,3)4/h7,10H,5-6H2,1-4H3/t7-,10-/m0/s1. The number of ether oxygens (including phenoxy) is 1. The van der Waals surface area contributed by atoms with Crippen molar-refractivity contribution in [3.8, 4) is 0 Å². The molecule has 0 heterocycles. The van der Waals surface area contributed by atoms with E-state index in [4.69, 9.17) is 4.74 Å². The van der Waals surface area contributed by atoms with E-state index in [2.05, 4.69) is 20.8 Å². The van der Waals surface area contributed by atoms with E-state index in [1.54, 1.807) is 0 Å². The van der Waals surface area contributed by atoms with E-state index in [1.165, 1.54) is 6.92 Å². The summed E-state index contributed by atoms with van der Waals surface area (Å²) in [6.07, 6.45) is 0.649. The van der Waals surface area contributed by atoms with Gasteiger partial charge in [0.2, 0.25) is 0 Å². The summed E-state index contributed by atoms with van der Waals surface area (Å²) in [7, 11) is 0. The zero-order chi connectivity index (χ0) is 10.9. The van der Waals surface area contributed by atoms with Crippen LogP contribution in [-0.2, 0) is 14.3 Å². The number of carbonyl (C=O) groups excluding carboxylic acids is 2. The highest BCUT2D eigenvalue weighted by Crippen LogP contribution is 2.39. The van der Waals surface area contributed by atoms with Gasteiger partial charge in [-0.15, -0.1) is 0 Å². The Labute approximate surface area is 84.8 Å². The smallest absolute Gasteiger partial charge is 0.303 e. The number of rotatable bonds is 1. The maximum atomic E-state index is 11.6. The van der Waals surface area contributed by atoms with Gasteiger partial charge in [-0.1, -0.05) is 20.8 Å². The fourth-order valence-corrected chi connectivity index (χ4v) is 1.81. The maximum absolute atomic E-state index is 11.6. The molecule has 0 N–H and O–H groups in total. The second-order valence-electron chi connectivity index (χ2n) is 4.86. The number of esters is 1. The maximum Gasteiger partial charge on any atom is 0.303 e. The zero-order valence-electron chi connectivity index (χ0n) is 9.29. The summed E-state index contributed by atoms with van der Waals surface area (Å²) in [5.41, 5.74) is 0.0774. The topological polar surface area (TPSA) is 43.4 Å². The first-order valence-electron chi connectivity index (χ1n) is 5.03. The van der Waals surface area contributed by atoms with Gasteiger partial charge in [-0.2, -0.15) is 0 Å². The van der Waals surface area contributed by atoms with Crippen molar-refractivity contribution in [2.24, 2.45) is 11.3 Å². The van der Waals surface area contributed by atoms with Gasteiger partial charge >= 0.3 is 5.97 Å². The molecule has 1 rings (SSSR count). The molecule has 80 valence electrons. The molecule has 1 aliphatic carbocycles. The van der Waals surface area contributed by atoms with Gasteiger partial charge < -0.3 is 4.74 Å². The zero-order valence-corrected chi connectivity index (χ0v) is 9.29. The summed E-state index contributed by atoms with van der Waals surface area (Å²) >= 11 is 0. The lowest BCUT2D eigenvalue weighted by atomic mass is 9.68. The minimum absolute atomic E-state index is 0.0621. The molecule has 0 unspecified atom stereocenters. The molecule has 0 radical (unpaired) electrons. The Morgan fingerprint density at radius 2 is 2.07 bits per heavy atom. The van der Waals surface area contributed by atoms with Crippen LogP contribution in [0.4, 0.5) is 0 Å². The molecule has 0 aliphatic heterocycles. The highest BCUT2D eigenvalue weighted by atomic mass is 16.5. The molecule has 3 heteroatoms. The van der Waals surface area contributed by atoms with Crippen LogP contribution in [0, 0.1) is 11.3 Å². The highest BCUT2D eigenvalue weighted by molar-refractivity contribution is 5.86. The molecule has 0 saturated heterocycles. The van der Waals surface area contributed by atoms with Crippen LogP contribution in [0.3, 0.4) is 0 Å². The van der Waals surface area contributed by atoms with Crippen molar-refractivity contribution >= 4 is 11.8 Å². The minimum atomic E-state index is -0.515. The Morgan fingerprint density at radius 1 is 1.50 bits per heavy atom. The van der Waals surface area contributed by atoms with Gasteiger partial charge in [-0.25, -0.2) is 0 Å². The van der Waals surface area contributed by atoms with Crippen molar-refractivity contribution in [1.29, 1.82) is 0 Å². The molecular weight excluding hydrogens is 180 g/mol. The van der Waals surface area contributed by atoms with Crippen molar-refractivity contribution in [1.82, 2.24) is 0 Å². The number of Topliss-reactive ketones (excluding diaryl/α,β-unsaturated/α-hetero) is 1. The van der Waals surface area contributed by atoms with Crippen LogP contribution >= 0.6 is 0 Å². The Bertz CT molecular complexity index is 255. The Morgan fingerprint density at radius 3 is 2.57 bits per heavy atom. The number of hydrogen-bond acceptors (Lipinski definition) is 3. The fourth-order valence-electron chi connectivity index (χ4n) is 1.81.